The number of halogens is 3. The Kier molecular flexibility index (Phi) is 7.05. The van der Waals surface area contributed by atoms with E-state index in [1.165, 1.54) is 12.1 Å². The van der Waals surface area contributed by atoms with Gasteiger partial charge in [0.05, 0.1) is 24.3 Å². The van der Waals surface area contributed by atoms with E-state index >= 15 is 8.78 Å². The molecule has 246 valence electrons. The Morgan fingerprint density at radius 3 is 2.62 bits per heavy atom. The van der Waals surface area contributed by atoms with Crippen LogP contribution in [0.2, 0.25) is 5.02 Å². The summed E-state index contributed by atoms with van der Waals surface area (Å²) in [5, 5.41) is 16.1. The number of fused-ring (bicyclic) bond motifs is 6. The molecule has 9 rings (SSSR count). The molecule has 5 heterocycles. The maximum Gasteiger partial charge on any atom is 0.319 e. The second-order valence-electron chi connectivity index (χ2n) is 14.4. The minimum atomic E-state index is -0.647. The van der Waals surface area contributed by atoms with Gasteiger partial charge in [-0.15, -0.1) is 0 Å². The maximum absolute atomic E-state index is 17.1. The first-order valence-corrected chi connectivity index (χ1v) is 17.3. The van der Waals surface area contributed by atoms with Crippen molar-refractivity contribution in [3.8, 4) is 22.9 Å². The number of benzene rings is 3. The maximum atomic E-state index is 17.1. The second-order valence-corrected chi connectivity index (χ2v) is 14.8. The largest absolute Gasteiger partial charge is 0.508 e. The fourth-order valence-electron chi connectivity index (χ4n) is 8.57. The number of ether oxygens (including phenoxy) is 2. The lowest BCUT2D eigenvalue weighted by atomic mass is 9.92. The smallest absolute Gasteiger partial charge is 0.319 e. The zero-order valence-electron chi connectivity index (χ0n) is 26.4. The monoisotopic (exact) mass is 661 g/mol. The molecule has 5 aliphatic rings. The van der Waals surface area contributed by atoms with Gasteiger partial charge in [-0.3, -0.25) is 4.90 Å². The number of aryl methyl sites for hydroxylation is 1. The van der Waals surface area contributed by atoms with E-state index in [4.69, 9.17) is 31.0 Å². The SMILES string of the molecule is CCc1c(F)ccc2cc(O)cc(-c3c(Cl)cc4c(N5CC6CCC(C5)N6)nc(OCC5(CN6C[C@H]7C[C@@H]6CO7)CC5)nc4c3F)c12. The molecule has 8 nitrogen and oxygen atoms in total. The molecule has 3 aromatic carbocycles. The number of hydrogen-bond acceptors (Lipinski definition) is 8. The van der Waals surface area contributed by atoms with Gasteiger partial charge in [-0.05, 0) is 84.7 Å². The van der Waals surface area contributed by atoms with Crippen molar-refractivity contribution in [3.05, 3.63) is 52.6 Å². The summed E-state index contributed by atoms with van der Waals surface area (Å²) in [7, 11) is 0. The molecule has 5 fully saturated rings. The van der Waals surface area contributed by atoms with Crippen molar-refractivity contribution >= 4 is 39.1 Å². The third-order valence-corrected chi connectivity index (χ3v) is 11.4. The van der Waals surface area contributed by atoms with Gasteiger partial charge in [0.2, 0.25) is 0 Å². The number of anilines is 1. The average molecular weight is 662 g/mol. The van der Waals surface area contributed by atoms with Crippen LogP contribution < -0.4 is 15.0 Å². The van der Waals surface area contributed by atoms with Crippen molar-refractivity contribution in [2.45, 2.75) is 69.7 Å². The molecule has 4 bridgehead atoms. The van der Waals surface area contributed by atoms with Gasteiger partial charge < -0.3 is 24.8 Å². The number of morpholine rings is 1. The fraction of sp³-hybridized carbons (Fsp3) is 0.500. The standard InChI is InChI=1S/C36H38ClF2N5O3/c1-2-25-29(38)6-3-19-9-23(45)11-26(30(19)25)31-28(37)12-27-33(32(31)39)41-35(42-34(27)43-13-20-4-5-21(14-43)40-20)47-18-36(7-8-36)17-44-15-24-10-22(44)16-46-24/h3,6,9,11-12,20-22,24,40,45H,2,4-5,7-8,10,13-18H2,1H3/t20?,21?,22-,24-/m1/s1. The first-order valence-electron chi connectivity index (χ1n) is 16.9. The molecule has 4 aromatic rings. The normalized spacial score (nSPS) is 26.2. The number of aromatic hydroxyl groups is 1. The third kappa shape index (κ3) is 5.10. The number of hydrogen-bond donors (Lipinski definition) is 2. The van der Waals surface area contributed by atoms with E-state index in [1.807, 2.05) is 6.92 Å². The predicted molar refractivity (Wildman–Crippen MR) is 177 cm³/mol. The minimum Gasteiger partial charge on any atom is -0.508 e. The highest BCUT2D eigenvalue weighted by Crippen LogP contribution is 2.49. The van der Waals surface area contributed by atoms with Crippen molar-refractivity contribution < 1.29 is 23.4 Å². The lowest BCUT2D eigenvalue weighted by Gasteiger charge is -2.34. The summed E-state index contributed by atoms with van der Waals surface area (Å²) in [5.41, 5.74) is 0.956. The van der Waals surface area contributed by atoms with Crippen molar-refractivity contribution in [2.75, 3.05) is 44.3 Å². The van der Waals surface area contributed by atoms with E-state index in [-0.39, 0.29) is 39.1 Å². The Labute approximate surface area is 277 Å². The summed E-state index contributed by atoms with van der Waals surface area (Å²) >= 11 is 6.94. The van der Waals surface area contributed by atoms with Crippen molar-refractivity contribution in [2.24, 2.45) is 5.41 Å². The number of piperazine rings is 1. The van der Waals surface area contributed by atoms with Crippen molar-refractivity contribution in [1.82, 2.24) is 20.2 Å². The number of likely N-dealkylation sites (tertiary alicyclic amines) is 1. The van der Waals surface area contributed by atoms with Crippen LogP contribution in [0.25, 0.3) is 32.8 Å². The Hall–Kier alpha value is -3.31. The van der Waals surface area contributed by atoms with Crippen LogP contribution in [0.4, 0.5) is 14.6 Å². The number of phenolic OH excluding ortho intramolecular Hbond substituents is 1. The molecule has 2 unspecified atom stereocenters. The van der Waals surface area contributed by atoms with E-state index in [2.05, 4.69) is 15.1 Å². The lowest BCUT2D eigenvalue weighted by Crippen LogP contribution is -2.51. The van der Waals surface area contributed by atoms with Gasteiger partial charge in [-0.25, -0.2) is 8.78 Å². The topological polar surface area (TPSA) is 83.0 Å². The fourth-order valence-corrected chi connectivity index (χ4v) is 8.86. The third-order valence-electron chi connectivity index (χ3n) is 11.2. The Balaban J connectivity index is 1.15. The van der Waals surface area contributed by atoms with Crippen LogP contribution in [0, 0.1) is 17.0 Å². The number of nitrogens with zero attached hydrogens (tertiary/aromatic N) is 4. The van der Waals surface area contributed by atoms with Gasteiger partial charge in [0.25, 0.3) is 0 Å². The van der Waals surface area contributed by atoms with Crippen LogP contribution in [-0.4, -0.2) is 83.6 Å². The molecule has 4 aliphatic heterocycles. The quantitative estimate of drug-likeness (QED) is 0.230. The van der Waals surface area contributed by atoms with Crippen LogP contribution >= 0.6 is 11.6 Å². The van der Waals surface area contributed by atoms with E-state index in [0.717, 1.165) is 64.9 Å². The Morgan fingerprint density at radius 2 is 1.91 bits per heavy atom. The molecule has 0 spiro atoms. The highest BCUT2D eigenvalue weighted by molar-refractivity contribution is 6.35. The summed E-state index contributed by atoms with van der Waals surface area (Å²) < 4.78 is 44.4. The number of nitrogens with one attached hydrogen (secondary N) is 1. The Bertz CT molecular complexity index is 1910. The van der Waals surface area contributed by atoms with Crippen LogP contribution in [-0.2, 0) is 11.2 Å². The van der Waals surface area contributed by atoms with Crippen molar-refractivity contribution in [1.29, 1.82) is 0 Å². The van der Waals surface area contributed by atoms with Crippen molar-refractivity contribution in [3.63, 3.8) is 0 Å². The molecule has 2 N–H and O–H groups in total. The molecule has 47 heavy (non-hydrogen) atoms. The van der Waals surface area contributed by atoms with Crippen LogP contribution in [0.3, 0.4) is 0 Å². The van der Waals surface area contributed by atoms with E-state index in [9.17, 15) is 5.11 Å². The summed E-state index contributed by atoms with van der Waals surface area (Å²) in [5.74, 6) is -0.490. The predicted octanol–water partition coefficient (Wildman–Crippen LogP) is 6.22. The lowest BCUT2D eigenvalue weighted by molar-refractivity contribution is 0.0176. The summed E-state index contributed by atoms with van der Waals surface area (Å²) in [6.07, 6.45) is 6.13. The molecule has 1 saturated carbocycles. The molecular formula is C36H38ClF2N5O3. The molecule has 11 heteroatoms. The highest BCUT2D eigenvalue weighted by Gasteiger charge is 2.49. The van der Waals surface area contributed by atoms with Crippen LogP contribution in [0.5, 0.6) is 11.8 Å². The summed E-state index contributed by atoms with van der Waals surface area (Å²) in [6, 6.07) is 8.99. The highest BCUT2D eigenvalue weighted by atomic mass is 35.5. The molecule has 0 radical (unpaired) electrons. The number of aromatic nitrogens is 2. The average Bonchev–Trinajstić information content (AvgIpc) is 3.32. The summed E-state index contributed by atoms with van der Waals surface area (Å²) in [4.78, 5) is 14.4. The molecule has 1 aromatic heterocycles. The van der Waals surface area contributed by atoms with Gasteiger partial charge in [-0.2, -0.15) is 9.97 Å². The van der Waals surface area contributed by atoms with E-state index in [1.54, 1.807) is 18.2 Å². The number of phenols is 1. The van der Waals surface area contributed by atoms with Gasteiger partial charge in [0.15, 0.2) is 5.82 Å². The zero-order chi connectivity index (χ0) is 32.0. The first kappa shape index (κ1) is 29.8. The van der Waals surface area contributed by atoms with E-state index in [0.29, 0.717) is 70.4 Å². The first-order chi connectivity index (χ1) is 22.8. The zero-order valence-corrected chi connectivity index (χ0v) is 27.1. The van der Waals surface area contributed by atoms with Gasteiger partial charge >= 0.3 is 6.01 Å². The van der Waals surface area contributed by atoms with E-state index < -0.39 is 5.82 Å². The minimum absolute atomic E-state index is 0.0297. The molecule has 4 atom stereocenters. The molecular weight excluding hydrogens is 624 g/mol. The van der Waals surface area contributed by atoms with Gasteiger partial charge in [0, 0.05) is 60.7 Å². The second kappa shape index (κ2) is 11.1. The molecule has 0 amide bonds. The van der Waals surface area contributed by atoms with Gasteiger partial charge in [-0.1, -0.05) is 24.6 Å². The Morgan fingerprint density at radius 1 is 1.11 bits per heavy atom. The number of rotatable bonds is 8. The van der Waals surface area contributed by atoms with Crippen LogP contribution in [0.1, 0.15) is 44.6 Å². The summed E-state index contributed by atoms with van der Waals surface area (Å²) in [6.45, 7) is 6.51. The van der Waals surface area contributed by atoms with Crippen LogP contribution in [0.15, 0.2) is 30.3 Å². The molecule has 4 saturated heterocycles. The molecule has 1 aliphatic carbocycles. The van der Waals surface area contributed by atoms with Gasteiger partial charge in [0.1, 0.15) is 22.9 Å².